The zero-order chi connectivity index (χ0) is 16.8. The van der Waals surface area contributed by atoms with E-state index in [1.165, 1.54) is 12.5 Å². The number of nitrogens with one attached hydrogen (secondary N) is 1. The second-order valence-corrected chi connectivity index (χ2v) is 6.88. The van der Waals surface area contributed by atoms with Gasteiger partial charge >= 0.3 is 0 Å². The number of carbonyl (C=O) groups is 2. The first kappa shape index (κ1) is 17.5. The molecule has 23 heavy (non-hydrogen) atoms. The van der Waals surface area contributed by atoms with E-state index in [4.69, 9.17) is 0 Å². The fraction of sp³-hybridized carbons (Fsp3) is 0.579. The summed E-state index contributed by atoms with van der Waals surface area (Å²) < 4.78 is 0. The Balaban J connectivity index is 1.87. The van der Waals surface area contributed by atoms with Crippen LogP contribution in [0.1, 0.15) is 39.2 Å². The standard InChI is InChI=1S/C19H28N2O2/c1-14(2)18(20-15(3)22)19(23)21-11-9-17(10-12-21)13-16-7-5-4-6-8-16/h4-8,14,17-18H,9-13H2,1-3H3,(H,20,22)/t18-/m1/s1. The first-order chi connectivity index (χ1) is 11.0. The van der Waals surface area contributed by atoms with Gasteiger partial charge in [0.05, 0.1) is 0 Å². The molecule has 1 aliphatic heterocycles. The van der Waals surface area contributed by atoms with E-state index in [0.29, 0.717) is 5.92 Å². The van der Waals surface area contributed by atoms with Crippen LogP contribution in [0.5, 0.6) is 0 Å². The summed E-state index contributed by atoms with van der Waals surface area (Å²) >= 11 is 0. The van der Waals surface area contributed by atoms with Crippen LogP contribution in [0.25, 0.3) is 0 Å². The maximum absolute atomic E-state index is 12.7. The fourth-order valence-electron chi connectivity index (χ4n) is 3.23. The van der Waals surface area contributed by atoms with Gasteiger partial charge in [-0.15, -0.1) is 0 Å². The van der Waals surface area contributed by atoms with E-state index in [1.54, 1.807) is 0 Å². The number of piperidine rings is 1. The molecule has 4 nitrogen and oxygen atoms in total. The zero-order valence-corrected chi connectivity index (χ0v) is 14.4. The molecule has 1 heterocycles. The predicted molar refractivity (Wildman–Crippen MR) is 91.9 cm³/mol. The van der Waals surface area contributed by atoms with Gasteiger partial charge in [0.2, 0.25) is 11.8 Å². The molecule has 2 amide bonds. The van der Waals surface area contributed by atoms with Gasteiger partial charge in [-0.05, 0) is 36.7 Å². The first-order valence-corrected chi connectivity index (χ1v) is 8.57. The second kappa shape index (κ2) is 8.14. The zero-order valence-electron chi connectivity index (χ0n) is 14.4. The lowest BCUT2D eigenvalue weighted by Gasteiger charge is -2.35. The molecular weight excluding hydrogens is 288 g/mol. The summed E-state index contributed by atoms with van der Waals surface area (Å²) in [4.78, 5) is 25.9. The Bertz CT molecular complexity index is 519. The lowest BCUT2D eigenvalue weighted by atomic mass is 9.89. The highest BCUT2D eigenvalue weighted by Gasteiger charge is 2.30. The maximum atomic E-state index is 12.7. The molecule has 126 valence electrons. The van der Waals surface area contributed by atoms with Gasteiger partial charge in [-0.3, -0.25) is 9.59 Å². The maximum Gasteiger partial charge on any atom is 0.245 e. The molecule has 0 aromatic heterocycles. The van der Waals surface area contributed by atoms with Crippen molar-refractivity contribution in [2.45, 2.75) is 46.1 Å². The number of nitrogens with zero attached hydrogens (tertiary/aromatic N) is 1. The molecule has 1 aliphatic rings. The Hall–Kier alpha value is -1.84. The summed E-state index contributed by atoms with van der Waals surface area (Å²) in [6.07, 6.45) is 3.15. The van der Waals surface area contributed by atoms with E-state index >= 15 is 0 Å². The van der Waals surface area contributed by atoms with Crippen LogP contribution in [0.3, 0.4) is 0 Å². The van der Waals surface area contributed by atoms with Gasteiger partial charge in [0.15, 0.2) is 0 Å². The first-order valence-electron chi connectivity index (χ1n) is 8.57. The van der Waals surface area contributed by atoms with E-state index in [0.717, 1.165) is 32.4 Å². The van der Waals surface area contributed by atoms with Crippen molar-refractivity contribution in [2.75, 3.05) is 13.1 Å². The monoisotopic (exact) mass is 316 g/mol. The van der Waals surface area contributed by atoms with Crippen LogP contribution in [0.15, 0.2) is 30.3 Å². The third kappa shape index (κ3) is 5.08. The molecule has 1 aromatic rings. The Morgan fingerprint density at radius 2 is 1.78 bits per heavy atom. The fourth-order valence-corrected chi connectivity index (χ4v) is 3.23. The van der Waals surface area contributed by atoms with Gasteiger partial charge < -0.3 is 10.2 Å². The number of amides is 2. The highest BCUT2D eigenvalue weighted by Crippen LogP contribution is 2.22. The van der Waals surface area contributed by atoms with Crippen LogP contribution >= 0.6 is 0 Å². The lowest BCUT2D eigenvalue weighted by molar-refractivity contribution is -0.138. The highest BCUT2D eigenvalue weighted by molar-refractivity contribution is 5.87. The van der Waals surface area contributed by atoms with Crippen LogP contribution in [0.2, 0.25) is 0 Å². The minimum atomic E-state index is -0.404. The Labute approximate surface area is 139 Å². The van der Waals surface area contributed by atoms with Crippen LogP contribution < -0.4 is 5.32 Å². The van der Waals surface area contributed by atoms with E-state index in [9.17, 15) is 9.59 Å². The largest absolute Gasteiger partial charge is 0.344 e. The molecule has 0 spiro atoms. The van der Waals surface area contributed by atoms with Crippen molar-refractivity contribution in [1.82, 2.24) is 10.2 Å². The molecule has 1 N–H and O–H groups in total. The highest BCUT2D eigenvalue weighted by atomic mass is 16.2. The predicted octanol–water partition coefficient (Wildman–Crippen LogP) is 2.63. The van der Waals surface area contributed by atoms with Gasteiger partial charge in [0.25, 0.3) is 0 Å². The average Bonchev–Trinajstić information content (AvgIpc) is 2.53. The number of benzene rings is 1. The molecule has 1 saturated heterocycles. The third-order valence-electron chi connectivity index (χ3n) is 4.58. The number of carbonyl (C=O) groups excluding carboxylic acids is 2. The summed E-state index contributed by atoms with van der Waals surface area (Å²) in [5.74, 6) is 0.664. The summed E-state index contributed by atoms with van der Waals surface area (Å²) in [5.41, 5.74) is 1.37. The van der Waals surface area contributed by atoms with Crippen molar-refractivity contribution >= 4 is 11.8 Å². The van der Waals surface area contributed by atoms with E-state index in [1.807, 2.05) is 24.8 Å². The summed E-state index contributed by atoms with van der Waals surface area (Å²) in [6.45, 7) is 6.99. The molecule has 1 aromatic carbocycles. The summed E-state index contributed by atoms with van der Waals surface area (Å²) in [7, 11) is 0. The van der Waals surface area contributed by atoms with Crippen molar-refractivity contribution in [3.05, 3.63) is 35.9 Å². The van der Waals surface area contributed by atoms with E-state index in [2.05, 4.69) is 29.6 Å². The quantitative estimate of drug-likeness (QED) is 0.908. The van der Waals surface area contributed by atoms with Crippen molar-refractivity contribution in [2.24, 2.45) is 11.8 Å². The number of hydrogen-bond acceptors (Lipinski definition) is 2. The van der Waals surface area contributed by atoms with Gasteiger partial charge in [-0.2, -0.15) is 0 Å². The Morgan fingerprint density at radius 1 is 1.17 bits per heavy atom. The number of rotatable bonds is 5. The van der Waals surface area contributed by atoms with Crippen molar-refractivity contribution in [1.29, 1.82) is 0 Å². The van der Waals surface area contributed by atoms with E-state index < -0.39 is 6.04 Å². The van der Waals surface area contributed by atoms with Crippen LogP contribution in [-0.2, 0) is 16.0 Å². The molecule has 4 heteroatoms. The molecule has 0 bridgehead atoms. The summed E-state index contributed by atoms with van der Waals surface area (Å²) in [6, 6.07) is 10.1. The van der Waals surface area contributed by atoms with Crippen LogP contribution in [0, 0.1) is 11.8 Å². The minimum Gasteiger partial charge on any atom is -0.344 e. The molecule has 2 rings (SSSR count). The van der Waals surface area contributed by atoms with Gasteiger partial charge in [0.1, 0.15) is 6.04 Å². The molecule has 0 saturated carbocycles. The van der Waals surface area contributed by atoms with Crippen molar-refractivity contribution in [3.63, 3.8) is 0 Å². The van der Waals surface area contributed by atoms with Crippen molar-refractivity contribution in [3.8, 4) is 0 Å². The smallest absolute Gasteiger partial charge is 0.245 e. The van der Waals surface area contributed by atoms with Gasteiger partial charge in [0, 0.05) is 20.0 Å². The number of hydrogen-bond donors (Lipinski definition) is 1. The lowest BCUT2D eigenvalue weighted by Crippen LogP contribution is -2.52. The van der Waals surface area contributed by atoms with Gasteiger partial charge in [-0.1, -0.05) is 44.2 Å². The normalized spacial score (nSPS) is 17.1. The molecule has 1 fully saturated rings. The Morgan fingerprint density at radius 3 is 2.30 bits per heavy atom. The van der Waals surface area contributed by atoms with Crippen molar-refractivity contribution < 1.29 is 9.59 Å². The Kier molecular flexibility index (Phi) is 6.20. The summed E-state index contributed by atoms with van der Waals surface area (Å²) in [5, 5.41) is 2.80. The van der Waals surface area contributed by atoms with Gasteiger partial charge in [-0.25, -0.2) is 0 Å². The minimum absolute atomic E-state index is 0.0633. The molecule has 0 unspecified atom stereocenters. The molecule has 0 aliphatic carbocycles. The third-order valence-corrected chi connectivity index (χ3v) is 4.58. The molecular formula is C19H28N2O2. The molecule has 1 atom stereocenters. The van der Waals surface area contributed by atoms with Crippen LogP contribution in [0.4, 0.5) is 0 Å². The topological polar surface area (TPSA) is 49.4 Å². The second-order valence-electron chi connectivity index (χ2n) is 6.88. The van der Waals surface area contributed by atoms with Crippen LogP contribution in [-0.4, -0.2) is 35.8 Å². The average molecular weight is 316 g/mol. The SMILES string of the molecule is CC(=O)N[C@@H](C(=O)N1CCC(Cc2ccccc2)CC1)C(C)C. The number of likely N-dealkylation sites (tertiary alicyclic amines) is 1. The molecule has 0 radical (unpaired) electrons. The van der Waals surface area contributed by atoms with E-state index in [-0.39, 0.29) is 17.7 Å².